The Morgan fingerprint density at radius 1 is 1.22 bits per heavy atom. The van der Waals surface area contributed by atoms with Crippen molar-refractivity contribution < 1.29 is 9.21 Å². The van der Waals surface area contributed by atoms with Gasteiger partial charge in [-0.05, 0) is 32.6 Å². The maximum absolute atomic E-state index is 13.5. The lowest BCUT2D eigenvalue weighted by Gasteiger charge is -2.20. The van der Waals surface area contributed by atoms with Crippen molar-refractivity contribution in [2.45, 2.75) is 44.9 Å². The van der Waals surface area contributed by atoms with E-state index >= 15 is 0 Å². The first-order chi connectivity index (χ1) is 15.4. The normalized spacial score (nSPS) is 18.1. The Labute approximate surface area is 188 Å². The van der Waals surface area contributed by atoms with E-state index in [1.54, 1.807) is 4.68 Å². The number of hydrogen-bond acceptors (Lipinski definition) is 6. The van der Waals surface area contributed by atoms with Gasteiger partial charge in [0.1, 0.15) is 11.5 Å². The summed E-state index contributed by atoms with van der Waals surface area (Å²) in [5.74, 6) is 2.70. The van der Waals surface area contributed by atoms with E-state index in [0.29, 0.717) is 12.5 Å². The van der Waals surface area contributed by atoms with Crippen LogP contribution in [0.1, 0.15) is 58.3 Å². The van der Waals surface area contributed by atoms with Gasteiger partial charge < -0.3 is 14.2 Å². The molecule has 1 aliphatic heterocycles. The van der Waals surface area contributed by atoms with Crippen molar-refractivity contribution in [1.29, 1.82) is 0 Å². The highest BCUT2D eigenvalue weighted by Crippen LogP contribution is 2.36. The molecule has 0 radical (unpaired) electrons. The zero-order valence-corrected chi connectivity index (χ0v) is 19.3. The summed E-state index contributed by atoms with van der Waals surface area (Å²) in [4.78, 5) is 26.8. The van der Waals surface area contributed by atoms with Crippen LogP contribution in [0.4, 0.5) is 5.95 Å². The number of carbonyl (C=O) groups excluding carboxylic acids is 1. The first-order valence-electron chi connectivity index (χ1n) is 11.4. The fourth-order valence-electron chi connectivity index (χ4n) is 5.00. The van der Waals surface area contributed by atoms with Gasteiger partial charge in [-0.2, -0.15) is 5.10 Å². The molecule has 5 rings (SSSR count). The number of hydrogen-bond donors (Lipinski definition) is 0. The lowest BCUT2D eigenvalue weighted by atomic mass is 9.94. The fraction of sp³-hybridized carbons (Fsp3) is 0.500. The molecule has 3 aromatic rings. The monoisotopic (exact) mass is 434 g/mol. The molecule has 1 saturated heterocycles. The molecule has 1 unspecified atom stereocenters. The minimum atomic E-state index is 0.0988. The van der Waals surface area contributed by atoms with Gasteiger partial charge in [0.2, 0.25) is 5.95 Å². The summed E-state index contributed by atoms with van der Waals surface area (Å²) < 4.78 is 7.75. The van der Waals surface area contributed by atoms with Crippen LogP contribution < -0.4 is 4.90 Å². The molecule has 0 aromatic carbocycles. The van der Waals surface area contributed by atoms with Gasteiger partial charge in [0.15, 0.2) is 0 Å². The SMILES string of the molecule is Cc1oc2c(c1C(=O)N1CCC(c3nc(N(C)C)ncc3-c3cnn(C)c3)C1)CCCC2. The molecule has 1 atom stereocenters. The van der Waals surface area contributed by atoms with Crippen LogP contribution in [0, 0.1) is 6.92 Å². The summed E-state index contributed by atoms with van der Waals surface area (Å²) in [5.41, 5.74) is 4.90. The van der Waals surface area contributed by atoms with Gasteiger partial charge in [-0.3, -0.25) is 9.48 Å². The average Bonchev–Trinajstić information content (AvgIpc) is 3.50. The summed E-state index contributed by atoms with van der Waals surface area (Å²) in [6.07, 6.45) is 10.7. The Hall–Kier alpha value is -3.16. The van der Waals surface area contributed by atoms with Gasteiger partial charge in [-0.1, -0.05) is 0 Å². The smallest absolute Gasteiger partial charge is 0.257 e. The molecule has 32 heavy (non-hydrogen) atoms. The third kappa shape index (κ3) is 3.57. The number of rotatable bonds is 4. The molecule has 1 aliphatic carbocycles. The molecule has 2 aliphatic rings. The first-order valence-corrected chi connectivity index (χ1v) is 11.4. The van der Waals surface area contributed by atoms with Crippen molar-refractivity contribution in [3.8, 4) is 11.1 Å². The maximum Gasteiger partial charge on any atom is 0.257 e. The Bertz CT molecular complexity index is 1160. The van der Waals surface area contributed by atoms with E-state index in [-0.39, 0.29) is 11.8 Å². The number of nitrogens with zero attached hydrogens (tertiary/aromatic N) is 6. The number of likely N-dealkylation sites (tertiary alicyclic amines) is 1. The number of furan rings is 1. The summed E-state index contributed by atoms with van der Waals surface area (Å²) in [5, 5.41) is 4.32. The van der Waals surface area contributed by atoms with Crippen LogP contribution >= 0.6 is 0 Å². The molecule has 168 valence electrons. The van der Waals surface area contributed by atoms with E-state index in [9.17, 15) is 4.79 Å². The molecule has 1 amide bonds. The highest BCUT2D eigenvalue weighted by atomic mass is 16.3. The number of fused-ring (bicyclic) bond motifs is 1. The van der Waals surface area contributed by atoms with Crippen molar-refractivity contribution in [3.63, 3.8) is 0 Å². The molecule has 8 nitrogen and oxygen atoms in total. The van der Waals surface area contributed by atoms with Crippen LogP contribution in [0.5, 0.6) is 0 Å². The minimum absolute atomic E-state index is 0.0988. The second-order valence-electron chi connectivity index (χ2n) is 9.14. The van der Waals surface area contributed by atoms with Gasteiger partial charge in [0, 0.05) is 75.7 Å². The molecule has 0 spiro atoms. The predicted octanol–water partition coefficient (Wildman–Crippen LogP) is 3.35. The lowest BCUT2D eigenvalue weighted by molar-refractivity contribution is 0.0788. The number of aryl methyl sites for hydroxylation is 3. The Morgan fingerprint density at radius 3 is 2.78 bits per heavy atom. The Balaban J connectivity index is 1.45. The Morgan fingerprint density at radius 2 is 2.03 bits per heavy atom. The van der Waals surface area contributed by atoms with E-state index in [2.05, 4.69) is 10.1 Å². The molecule has 4 heterocycles. The van der Waals surface area contributed by atoms with Gasteiger partial charge >= 0.3 is 0 Å². The standard InChI is InChI=1S/C24H30N6O2/c1-15-21(18-7-5-6-8-20(18)32-15)23(31)30-10-9-16(14-30)22-19(17-11-26-29(4)13-17)12-25-24(27-22)28(2)3/h11-13,16H,5-10,14H2,1-4H3. The summed E-state index contributed by atoms with van der Waals surface area (Å²) in [6, 6.07) is 0. The summed E-state index contributed by atoms with van der Waals surface area (Å²) in [6.45, 7) is 3.29. The van der Waals surface area contributed by atoms with Crippen LogP contribution in [0.25, 0.3) is 11.1 Å². The minimum Gasteiger partial charge on any atom is -0.465 e. The largest absolute Gasteiger partial charge is 0.465 e. The van der Waals surface area contributed by atoms with Crippen LogP contribution in [-0.2, 0) is 19.9 Å². The van der Waals surface area contributed by atoms with Gasteiger partial charge in [-0.25, -0.2) is 9.97 Å². The summed E-state index contributed by atoms with van der Waals surface area (Å²) in [7, 11) is 5.79. The highest BCUT2D eigenvalue weighted by Gasteiger charge is 2.34. The van der Waals surface area contributed by atoms with E-state index in [1.807, 2.05) is 56.5 Å². The lowest BCUT2D eigenvalue weighted by Crippen LogP contribution is -2.30. The van der Waals surface area contributed by atoms with E-state index < -0.39 is 0 Å². The third-order valence-corrected chi connectivity index (χ3v) is 6.64. The maximum atomic E-state index is 13.5. The van der Waals surface area contributed by atoms with Gasteiger partial charge in [-0.15, -0.1) is 0 Å². The van der Waals surface area contributed by atoms with Crippen molar-refractivity contribution in [2.75, 3.05) is 32.1 Å². The number of aromatic nitrogens is 4. The van der Waals surface area contributed by atoms with E-state index in [4.69, 9.17) is 9.40 Å². The van der Waals surface area contributed by atoms with E-state index in [0.717, 1.165) is 78.1 Å². The quantitative estimate of drug-likeness (QED) is 0.626. The van der Waals surface area contributed by atoms with Crippen molar-refractivity contribution in [1.82, 2.24) is 24.6 Å². The highest BCUT2D eigenvalue weighted by molar-refractivity contribution is 5.97. The van der Waals surface area contributed by atoms with Gasteiger partial charge in [0.05, 0.1) is 17.5 Å². The van der Waals surface area contributed by atoms with Crippen molar-refractivity contribution in [2.24, 2.45) is 7.05 Å². The van der Waals surface area contributed by atoms with Crippen LogP contribution in [0.15, 0.2) is 23.0 Å². The molecule has 3 aromatic heterocycles. The second-order valence-corrected chi connectivity index (χ2v) is 9.14. The van der Waals surface area contributed by atoms with Crippen LogP contribution in [0.2, 0.25) is 0 Å². The molecule has 1 fully saturated rings. The molecular formula is C24H30N6O2. The predicted molar refractivity (Wildman–Crippen MR) is 122 cm³/mol. The average molecular weight is 435 g/mol. The zero-order chi connectivity index (χ0) is 22.4. The van der Waals surface area contributed by atoms with Crippen molar-refractivity contribution >= 4 is 11.9 Å². The van der Waals surface area contributed by atoms with Crippen LogP contribution in [-0.4, -0.2) is 57.7 Å². The third-order valence-electron chi connectivity index (χ3n) is 6.64. The van der Waals surface area contributed by atoms with Crippen LogP contribution in [0.3, 0.4) is 0 Å². The number of carbonyl (C=O) groups is 1. The Kier molecular flexibility index (Phi) is 5.23. The molecule has 0 N–H and O–H groups in total. The number of anilines is 1. The molecular weight excluding hydrogens is 404 g/mol. The zero-order valence-electron chi connectivity index (χ0n) is 19.3. The molecule has 0 bridgehead atoms. The topological polar surface area (TPSA) is 80.3 Å². The first kappa shape index (κ1) is 20.7. The second kappa shape index (κ2) is 8.07. The molecule has 8 heteroatoms. The molecule has 0 saturated carbocycles. The summed E-state index contributed by atoms with van der Waals surface area (Å²) >= 11 is 0. The number of amides is 1. The van der Waals surface area contributed by atoms with Crippen molar-refractivity contribution in [3.05, 3.63) is 46.9 Å². The fourth-order valence-corrected chi connectivity index (χ4v) is 5.00. The van der Waals surface area contributed by atoms with Gasteiger partial charge in [0.25, 0.3) is 5.91 Å². The van der Waals surface area contributed by atoms with E-state index in [1.165, 1.54) is 0 Å².